The molecule has 2 aromatic carbocycles. The highest BCUT2D eigenvalue weighted by Crippen LogP contribution is 2.23. The van der Waals surface area contributed by atoms with Crippen molar-refractivity contribution in [2.75, 3.05) is 18.2 Å². The number of para-hydroxylation sites is 1. The van der Waals surface area contributed by atoms with Gasteiger partial charge >= 0.3 is 0 Å². The quantitative estimate of drug-likeness (QED) is 0.411. The van der Waals surface area contributed by atoms with E-state index in [-0.39, 0.29) is 5.91 Å². The highest BCUT2D eigenvalue weighted by molar-refractivity contribution is 7.99. The number of anilines is 1. The van der Waals surface area contributed by atoms with E-state index < -0.39 is 0 Å². The Labute approximate surface area is 194 Å². The first kappa shape index (κ1) is 23.9. The summed E-state index contributed by atoms with van der Waals surface area (Å²) < 4.78 is 7.32. The fourth-order valence-electron chi connectivity index (χ4n) is 3.68. The van der Waals surface area contributed by atoms with Gasteiger partial charge in [-0.25, -0.2) is 0 Å². The van der Waals surface area contributed by atoms with E-state index in [1.807, 2.05) is 31.2 Å². The first-order valence-corrected chi connectivity index (χ1v) is 12.1. The summed E-state index contributed by atoms with van der Waals surface area (Å²) in [5, 5.41) is 12.6. The largest absolute Gasteiger partial charge is 0.497 e. The average molecular weight is 453 g/mol. The number of hydrogen-bond donors (Lipinski definition) is 1. The highest BCUT2D eigenvalue weighted by Gasteiger charge is 2.14. The number of ether oxygens (including phenoxy) is 1. The Kier molecular flexibility index (Phi) is 8.73. The molecule has 1 heterocycles. The predicted octanol–water partition coefficient (Wildman–Crippen LogP) is 5.08. The molecule has 0 atom stereocenters. The summed E-state index contributed by atoms with van der Waals surface area (Å²) in [6, 6.07) is 14.3. The minimum atomic E-state index is -0.0225. The van der Waals surface area contributed by atoms with Gasteiger partial charge in [0.15, 0.2) is 5.16 Å². The standard InChI is InChI=1S/C25H32N4O2S/c1-5-20-11-7-9-18(3)24(20)26-23(30)17-32-25-28-27-22(29(25)6-2)12-8-10-19-13-15-21(31-4)16-14-19/h7,9,11,13-16H,5-6,8,10,12,17H2,1-4H3,(H,26,30). The molecule has 0 saturated heterocycles. The van der Waals surface area contributed by atoms with Crippen LogP contribution in [0.15, 0.2) is 47.6 Å². The molecule has 0 unspecified atom stereocenters. The first-order valence-electron chi connectivity index (χ1n) is 11.1. The van der Waals surface area contributed by atoms with Crippen molar-refractivity contribution in [2.45, 2.75) is 58.2 Å². The maximum Gasteiger partial charge on any atom is 0.234 e. The fourth-order valence-corrected chi connectivity index (χ4v) is 4.50. The molecule has 7 heteroatoms. The van der Waals surface area contributed by atoms with E-state index in [9.17, 15) is 4.79 Å². The molecule has 0 radical (unpaired) electrons. The van der Waals surface area contributed by atoms with E-state index in [0.29, 0.717) is 5.75 Å². The van der Waals surface area contributed by atoms with Gasteiger partial charge in [-0.3, -0.25) is 4.79 Å². The lowest BCUT2D eigenvalue weighted by molar-refractivity contribution is -0.113. The van der Waals surface area contributed by atoms with Gasteiger partial charge in [-0.05, 0) is 61.9 Å². The van der Waals surface area contributed by atoms with E-state index in [1.54, 1.807) is 7.11 Å². The number of nitrogens with zero attached hydrogens (tertiary/aromatic N) is 3. The molecule has 0 aliphatic rings. The van der Waals surface area contributed by atoms with Crippen LogP contribution in [0.25, 0.3) is 0 Å². The average Bonchev–Trinajstić information content (AvgIpc) is 3.21. The minimum absolute atomic E-state index is 0.0225. The molecular formula is C25H32N4O2S. The molecule has 3 aromatic rings. The molecule has 0 aliphatic carbocycles. The zero-order valence-electron chi connectivity index (χ0n) is 19.4. The lowest BCUT2D eigenvalue weighted by Crippen LogP contribution is -2.16. The Morgan fingerprint density at radius 3 is 2.56 bits per heavy atom. The van der Waals surface area contributed by atoms with E-state index in [2.05, 4.69) is 52.1 Å². The normalized spacial score (nSPS) is 10.9. The number of aryl methyl sites for hydroxylation is 4. The van der Waals surface area contributed by atoms with Crippen molar-refractivity contribution in [1.82, 2.24) is 14.8 Å². The lowest BCUT2D eigenvalue weighted by Gasteiger charge is -2.13. The SMILES string of the molecule is CCc1cccc(C)c1NC(=O)CSc1nnc(CCCc2ccc(OC)cc2)n1CC. The molecule has 0 saturated carbocycles. The summed E-state index contributed by atoms with van der Waals surface area (Å²) in [7, 11) is 1.68. The Morgan fingerprint density at radius 1 is 1.09 bits per heavy atom. The van der Waals surface area contributed by atoms with Crippen LogP contribution in [0.1, 0.15) is 42.8 Å². The summed E-state index contributed by atoms with van der Waals surface area (Å²) in [5.74, 6) is 2.13. The van der Waals surface area contributed by atoms with Crippen LogP contribution in [0.2, 0.25) is 0 Å². The molecule has 0 spiro atoms. The molecule has 3 rings (SSSR count). The van der Waals surface area contributed by atoms with E-state index in [1.165, 1.54) is 17.3 Å². The second kappa shape index (κ2) is 11.7. The number of amides is 1. The number of methoxy groups -OCH3 is 1. The van der Waals surface area contributed by atoms with E-state index in [0.717, 1.165) is 65.8 Å². The molecule has 1 N–H and O–H groups in total. The Hall–Kier alpha value is -2.80. The molecule has 0 bridgehead atoms. The van der Waals surface area contributed by atoms with Crippen LogP contribution in [0.3, 0.4) is 0 Å². The molecule has 1 aromatic heterocycles. The maximum atomic E-state index is 12.6. The van der Waals surface area contributed by atoms with Crippen molar-refractivity contribution >= 4 is 23.4 Å². The van der Waals surface area contributed by atoms with Gasteiger partial charge in [0, 0.05) is 18.7 Å². The molecule has 1 amide bonds. The van der Waals surface area contributed by atoms with Gasteiger partial charge in [0.05, 0.1) is 12.9 Å². The molecule has 170 valence electrons. The number of hydrogen-bond acceptors (Lipinski definition) is 5. The summed E-state index contributed by atoms with van der Waals surface area (Å²) in [5.41, 5.74) is 4.44. The Morgan fingerprint density at radius 2 is 1.88 bits per heavy atom. The molecule has 0 aliphatic heterocycles. The van der Waals surface area contributed by atoms with Crippen LogP contribution in [0, 0.1) is 6.92 Å². The van der Waals surface area contributed by atoms with Gasteiger partial charge in [0.25, 0.3) is 0 Å². The number of rotatable bonds is 11. The van der Waals surface area contributed by atoms with Crippen molar-refractivity contribution in [2.24, 2.45) is 0 Å². The lowest BCUT2D eigenvalue weighted by atomic mass is 10.1. The number of thioether (sulfide) groups is 1. The maximum absolute atomic E-state index is 12.6. The monoisotopic (exact) mass is 452 g/mol. The van der Waals surface area contributed by atoms with Crippen molar-refractivity contribution in [3.05, 3.63) is 65.0 Å². The summed E-state index contributed by atoms with van der Waals surface area (Å²) in [6.45, 7) is 6.99. The number of aromatic nitrogens is 3. The van der Waals surface area contributed by atoms with Gasteiger partial charge in [-0.1, -0.05) is 49.0 Å². The van der Waals surface area contributed by atoms with Gasteiger partial charge in [0.2, 0.25) is 5.91 Å². The van der Waals surface area contributed by atoms with Crippen LogP contribution in [0.5, 0.6) is 5.75 Å². The fraction of sp³-hybridized carbons (Fsp3) is 0.400. The third-order valence-electron chi connectivity index (χ3n) is 5.47. The van der Waals surface area contributed by atoms with Crippen LogP contribution in [0.4, 0.5) is 5.69 Å². The summed E-state index contributed by atoms with van der Waals surface area (Å²) in [6.07, 6.45) is 3.70. The third-order valence-corrected chi connectivity index (χ3v) is 6.44. The first-order chi connectivity index (χ1) is 15.5. The van der Waals surface area contributed by atoms with Crippen molar-refractivity contribution in [3.63, 3.8) is 0 Å². The number of carbonyl (C=O) groups is 1. The number of carbonyl (C=O) groups excluding carboxylic acids is 1. The van der Waals surface area contributed by atoms with Crippen molar-refractivity contribution in [3.8, 4) is 5.75 Å². The summed E-state index contributed by atoms with van der Waals surface area (Å²) in [4.78, 5) is 12.6. The minimum Gasteiger partial charge on any atom is -0.497 e. The third kappa shape index (κ3) is 6.13. The van der Waals surface area contributed by atoms with E-state index >= 15 is 0 Å². The highest BCUT2D eigenvalue weighted by atomic mass is 32.2. The number of nitrogens with one attached hydrogen (secondary N) is 1. The van der Waals surface area contributed by atoms with Crippen LogP contribution in [-0.4, -0.2) is 33.5 Å². The smallest absolute Gasteiger partial charge is 0.234 e. The molecule has 32 heavy (non-hydrogen) atoms. The van der Waals surface area contributed by atoms with E-state index in [4.69, 9.17) is 4.74 Å². The van der Waals surface area contributed by atoms with Crippen molar-refractivity contribution in [1.29, 1.82) is 0 Å². The Bertz CT molecular complexity index is 1030. The van der Waals surface area contributed by atoms with Gasteiger partial charge in [0.1, 0.15) is 11.6 Å². The van der Waals surface area contributed by atoms with Crippen LogP contribution >= 0.6 is 11.8 Å². The zero-order chi connectivity index (χ0) is 22.9. The van der Waals surface area contributed by atoms with Gasteiger partial charge in [-0.2, -0.15) is 0 Å². The molecule has 6 nitrogen and oxygen atoms in total. The molecule has 0 fully saturated rings. The number of benzene rings is 2. The molecular weight excluding hydrogens is 420 g/mol. The zero-order valence-corrected chi connectivity index (χ0v) is 20.2. The van der Waals surface area contributed by atoms with Crippen LogP contribution in [-0.2, 0) is 30.6 Å². The second-order valence-electron chi connectivity index (χ2n) is 7.64. The Balaban J connectivity index is 1.54. The second-order valence-corrected chi connectivity index (χ2v) is 8.59. The van der Waals surface area contributed by atoms with Gasteiger partial charge < -0.3 is 14.6 Å². The summed E-state index contributed by atoms with van der Waals surface area (Å²) >= 11 is 1.44. The topological polar surface area (TPSA) is 69.0 Å². The van der Waals surface area contributed by atoms with Crippen LogP contribution < -0.4 is 10.1 Å². The van der Waals surface area contributed by atoms with Crippen molar-refractivity contribution < 1.29 is 9.53 Å². The predicted molar refractivity (Wildman–Crippen MR) is 131 cm³/mol. The van der Waals surface area contributed by atoms with Gasteiger partial charge in [-0.15, -0.1) is 10.2 Å².